The first-order valence-corrected chi connectivity index (χ1v) is 6.82. The standard InChI is InChI=1S/C16H16N4O2/c1-22-12-4-2-3-10(7-12)9-18-16(21)11-5-6-14-13(8-11)15(17)20-19-14/h2-8H,9H2,1H3,(H,18,21)(H3,17,19,20). The molecular formula is C16H16N4O2. The number of hydrogen-bond donors (Lipinski definition) is 3. The Morgan fingerprint density at radius 2 is 2.18 bits per heavy atom. The highest BCUT2D eigenvalue weighted by Crippen LogP contribution is 2.19. The lowest BCUT2D eigenvalue weighted by Crippen LogP contribution is -2.22. The highest BCUT2D eigenvalue weighted by molar-refractivity contribution is 6.00. The van der Waals surface area contributed by atoms with Gasteiger partial charge in [0.25, 0.3) is 5.91 Å². The Kier molecular flexibility index (Phi) is 3.65. The van der Waals surface area contributed by atoms with Crippen molar-refractivity contribution in [3.05, 3.63) is 53.6 Å². The third kappa shape index (κ3) is 2.71. The van der Waals surface area contributed by atoms with E-state index in [1.165, 1.54) is 0 Å². The molecule has 0 atom stereocenters. The molecule has 0 saturated heterocycles. The van der Waals surface area contributed by atoms with E-state index in [-0.39, 0.29) is 5.91 Å². The van der Waals surface area contributed by atoms with E-state index in [9.17, 15) is 4.79 Å². The van der Waals surface area contributed by atoms with Gasteiger partial charge in [0.15, 0.2) is 5.82 Å². The number of ether oxygens (including phenoxy) is 1. The summed E-state index contributed by atoms with van der Waals surface area (Å²) in [6, 6.07) is 12.8. The van der Waals surface area contributed by atoms with Crippen LogP contribution < -0.4 is 15.8 Å². The number of aromatic nitrogens is 2. The van der Waals surface area contributed by atoms with Crippen molar-refractivity contribution in [1.82, 2.24) is 15.5 Å². The predicted molar refractivity (Wildman–Crippen MR) is 84.7 cm³/mol. The number of benzene rings is 2. The van der Waals surface area contributed by atoms with Crippen molar-refractivity contribution in [3.63, 3.8) is 0 Å². The van der Waals surface area contributed by atoms with Crippen LogP contribution in [0.2, 0.25) is 0 Å². The largest absolute Gasteiger partial charge is 0.497 e. The molecule has 22 heavy (non-hydrogen) atoms. The number of hydrogen-bond acceptors (Lipinski definition) is 4. The van der Waals surface area contributed by atoms with E-state index in [1.54, 1.807) is 25.3 Å². The lowest BCUT2D eigenvalue weighted by atomic mass is 10.1. The van der Waals surface area contributed by atoms with E-state index in [1.807, 2.05) is 24.3 Å². The topological polar surface area (TPSA) is 93.0 Å². The van der Waals surface area contributed by atoms with Gasteiger partial charge >= 0.3 is 0 Å². The number of nitrogens with one attached hydrogen (secondary N) is 2. The van der Waals surface area contributed by atoms with Gasteiger partial charge in [-0.25, -0.2) is 0 Å². The van der Waals surface area contributed by atoms with Crippen molar-refractivity contribution >= 4 is 22.6 Å². The fourth-order valence-electron chi connectivity index (χ4n) is 2.24. The number of anilines is 1. The van der Waals surface area contributed by atoms with Crippen molar-refractivity contribution < 1.29 is 9.53 Å². The second-order valence-corrected chi connectivity index (χ2v) is 4.90. The molecule has 0 fully saturated rings. The highest BCUT2D eigenvalue weighted by atomic mass is 16.5. The summed E-state index contributed by atoms with van der Waals surface area (Å²) in [6.45, 7) is 0.426. The fraction of sp³-hybridized carbons (Fsp3) is 0.125. The number of rotatable bonds is 4. The first kappa shape index (κ1) is 13.9. The number of H-pyrrole nitrogens is 1. The van der Waals surface area contributed by atoms with Crippen LogP contribution in [0.5, 0.6) is 5.75 Å². The maximum absolute atomic E-state index is 12.2. The van der Waals surface area contributed by atoms with Gasteiger partial charge in [-0.3, -0.25) is 9.89 Å². The Morgan fingerprint density at radius 1 is 1.32 bits per heavy atom. The smallest absolute Gasteiger partial charge is 0.251 e. The molecule has 0 aliphatic heterocycles. The molecule has 0 bridgehead atoms. The molecule has 0 spiro atoms. The molecule has 1 heterocycles. The van der Waals surface area contributed by atoms with Crippen LogP contribution in [0.1, 0.15) is 15.9 Å². The molecule has 4 N–H and O–H groups in total. The number of nitrogens with two attached hydrogens (primary N) is 1. The van der Waals surface area contributed by atoms with Crippen LogP contribution in [-0.2, 0) is 6.54 Å². The molecule has 1 amide bonds. The third-order valence-electron chi connectivity index (χ3n) is 3.44. The predicted octanol–water partition coefficient (Wildman–Crippen LogP) is 2.08. The van der Waals surface area contributed by atoms with E-state index >= 15 is 0 Å². The van der Waals surface area contributed by atoms with E-state index < -0.39 is 0 Å². The molecule has 3 aromatic rings. The number of aromatic amines is 1. The van der Waals surface area contributed by atoms with Crippen LogP contribution in [0.4, 0.5) is 5.82 Å². The van der Waals surface area contributed by atoms with Gasteiger partial charge in [0.2, 0.25) is 0 Å². The van der Waals surface area contributed by atoms with Crippen LogP contribution in [0.25, 0.3) is 10.9 Å². The van der Waals surface area contributed by atoms with Crippen molar-refractivity contribution in [3.8, 4) is 5.75 Å². The van der Waals surface area contributed by atoms with Crippen molar-refractivity contribution in [2.24, 2.45) is 0 Å². The van der Waals surface area contributed by atoms with Gasteiger partial charge in [0.1, 0.15) is 5.75 Å². The monoisotopic (exact) mass is 296 g/mol. The second kappa shape index (κ2) is 5.77. The summed E-state index contributed by atoms with van der Waals surface area (Å²) in [7, 11) is 1.61. The Hall–Kier alpha value is -3.02. The molecule has 0 aliphatic rings. The van der Waals surface area contributed by atoms with Crippen LogP contribution >= 0.6 is 0 Å². The minimum Gasteiger partial charge on any atom is -0.497 e. The Morgan fingerprint density at radius 3 is 3.00 bits per heavy atom. The van der Waals surface area contributed by atoms with Gasteiger partial charge in [-0.05, 0) is 35.9 Å². The summed E-state index contributed by atoms with van der Waals surface area (Å²) in [5.74, 6) is 0.988. The Labute approximate surface area is 127 Å². The average molecular weight is 296 g/mol. The number of carbonyl (C=O) groups is 1. The van der Waals surface area contributed by atoms with Gasteiger partial charge in [-0.1, -0.05) is 12.1 Å². The zero-order chi connectivity index (χ0) is 15.5. The number of nitrogen functional groups attached to an aromatic ring is 1. The zero-order valence-corrected chi connectivity index (χ0v) is 12.1. The second-order valence-electron chi connectivity index (χ2n) is 4.90. The Balaban J connectivity index is 1.73. The molecule has 3 rings (SSSR count). The summed E-state index contributed by atoms with van der Waals surface area (Å²) in [5, 5.41) is 10.3. The third-order valence-corrected chi connectivity index (χ3v) is 3.44. The molecule has 6 heteroatoms. The van der Waals surface area contributed by atoms with Crippen molar-refractivity contribution in [2.45, 2.75) is 6.54 Å². The molecule has 6 nitrogen and oxygen atoms in total. The molecule has 0 radical (unpaired) electrons. The maximum atomic E-state index is 12.2. The maximum Gasteiger partial charge on any atom is 0.251 e. The molecule has 2 aromatic carbocycles. The Bertz CT molecular complexity index is 826. The minimum atomic E-state index is -0.162. The highest BCUT2D eigenvalue weighted by Gasteiger charge is 2.09. The van der Waals surface area contributed by atoms with E-state index in [4.69, 9.17) is 10.5 Å². The average Bonchev–Trinajstić information content (AvgIpc) is 2.93. The van der Waals surface area contributed by atoms with E-state index in [0.717, 1.165) is 22.2 Å². The summed E-state index contributed by atoms with van der Waals surface area (Å²) in [4.78, 5) is 12.2. The minimum absolute atomic E-state index is 0.162. The van der Waals surface area contributed by atoms with Gasteiger partial charge < -0.3 is 15.8 Å². The summed E-state index contributed by atoms with van der Waals surface area (Å²) in [6.07, 6.45) is 0. The first-order valence-electron chi connectivity index (χ1n) is 6.82. The van der Waals surface area contributed by atoms with E-state index in [2.05, 4.69) is 15.5 Å². The van der Waals surface area contributed by atoms with Crippen LogP contribution in [0.3, 0.4) is 0 Å². The molecule has 0 saturated carbocycles. The van der Waals surface area contributed by atoms with Crippen molar-refractivity contribution in [2.75, 3.05) is 12.8 Å². The lowest BCUT2D eigenvalue weighted by Gasteiger charge is -2.07. The molecule has 0 aliphatic carbocycles. The van der Waals surface area contributed by atoms with E-state index in [0.29, 0.717) is 17.9 Å². The first-order chi connectivity index (χ1) is 10.7. The number of amides is 1. The summed E-state index contributed by atoms with van der Waals surface area (Å²) in [5.41, 5.74) is 8.08. The van der Waals surface area contributed by atoms with Gasteiger partial charge in [-0.2, -0.15) is 5.10 Å². The van der Waals surface area contributed by atoms with Crippen LogP contribution in [0, 0.1) is 0 Å². The molecular weight excluding hydrogens is 280 g/mol. The lowest BCUT2D eigenvalue weighted by molar-refractivity contribution is 0.0951. The van der Waals surface area contributed by atoms with Crippen LogP contribution in [-0.4, -0.2) is 23.2 Å². The van der Waals surface area contributed by atoms with Gasteiger partial charge in [0.05, 0.1) is 12.6 Å². The number of nitrogens with zero attached hydrogens (tertiary/aromatic N) is 1. The number of carbonyl (C=O) groups excluding carboxylic acids is 1. The normalized spacial score (nSPS) is 10.6. The van der Waals surface area contributed by atoms with Gasteiger partial charge in [-0.15, -0.1) is 0 Å². The molecule has 112 valence electrons. The molecule has 1 aromatic heterocycles. The zero-order valence-electron chi connectivity index (χ0n) is 12.1. The number of methoxy groups -OCH3 is 1. The summed E-state index contributed by atoms with van der Waals surface area (Å²) >= 11 is 0. The van der Waals surface area contributed by atoms with Gasteiger partial charge in [0, 0.05) is 17.5 Å². The fourth-order valence-corrected chi connectivity index (χ4v) is 2.24. The summed E-state index contributed by atoms with van der Waals surface area (Å²) < 4.78 is 5.16. The quantitative estimate of drug-likeness (QED) is 0.687. The SMILES string of the molecule is COc1cccc(CNC(=O)c2ccc3[nH]nc(N)c3c2)c1. The number of fused-ring (bicyclic) bond motifs is 1. The van der Waals surface area contributed by atoms with Crippen molar-refractivity contribution in [1.29, 1.82) is 0 Å². The van der Waals surface area contributed by atoms with Crippen LogP contribution in [0.15, 0.2) is 42.5 Å². The molecule has 0 unspecified atom stereocenters.